The molecule has 2 aliphatic rings. The maximum Gasteiger partial charge on any atom is 2.00 e. The molecule has 0 radical (unpaired) electrons. The summed E-state index contributed by atoms with van der Waals surface area (Å²) >= 11 is 0. The normalized spacial score (nSPS) is 16.0. The third-order valence-corrected chi connectivity index (χ3v) is 14.6. The fourth-order valence-electron chi connectivity index (χ4n) is 8.57. The summed E-state index contributed by atoms with van der Waals surface area (Å²) in [6.07, 6.45) is 1.06. The molecule has 6 rings (SSSR count). The molecule has 2 aliphatic heterocycles. The molecule has 0 aliphatic carbocycles. The first-order chi connectivity index (χ1) is 30.2. The van der Waals surface area contributed by atoms with E-state index in [2.05, 4.69) is 215 Å². The van der Waals surface area contributed by atoms with E-state index in [1.54, 1.807) is 0 Å². The van der Waals surface area contributed by atoms with Crippen molar-refractivity contribution in [2.24, 2.45) is 0 Å². The minimum Gasteiger partial charge on any atom is -0.736 e. The molecule has 0 atom stereocenters. The van der Waals surface area contributed by atoms with Gasteiger partial charge in [-0.2, -0.15) is 0 Å². The first-order valence-electron chi connectivity index (χ1n) is 24.3. The van der Waals surface area contributed by atoms with Gasteiger partial charge in [-0.3, -0.25) is 0 Å². The van der Waals surface area contributed by atoms with Crippen molar-refractivity contribution in [3.63, 3.8) is 0 Å². The van der Waals surface area contributed by atoms with Crippen molar-refractivity contribution in [3.05, 3.63) is 115 Å². The van der Waals surface area contributed by atoms with E-state index in [0.717, 1.165) is 66.8 Å². The van der Waals surface area contributed by atoms with Crippen molar-refractivity contribution in [1.82, 2.24) is 0 Å². The smallest absolute Gasteiger partial charge is 0.736 e. The molecule has 0 unspecified atom stereocenters. The summed E-state index contributed by atoms with van der Waals surface area (Å²) in [7, 11) is -9.35. The number of hydrogen-bond acceptors (Lipinski definition) is 8. The molecule has 70 heavy (non-hydrogen) atoms. The summed E-state index contributed by atoms with van der Waals surface area (Å²) < 4.78 is 49.5. The Bertz CT molecular complexity index is 2320. The predicted octanol–water partition coefficient (Wildman–Crippen LogP) is 12.0. The largest absolute Gasteiger partial charge is 2.00 e. The molecule has 0 saturated carbocycles. The number of phosphoric ester groups is 2. The minimum atomic E-state index is -4.68. The molecule has 2 heterocycles. The fraction of sp³-hybridized carbons (Fsp3) is 0.586. The summed E-state index contributed by atoms with van der Waals surface area (Å²) in [4.78, 5) is 26.5. The van der Waals surface area contributed by atoms with Crippen LogP contribution < -0.4 is 57.4 Å². The maximum absolute atomic E-state index is 13.3. The van der Waals surface area contributed by atoms with E-state index in [0.29, 0.717) is 35.8 Å². The van der Waals surface area contributed by atoms with Gasteiger partial charge in [0.25, 0.3) is 0 Å². The second-order valence-electron chi connectivity index (χ2n) is 27.7. The number of fused-ring (bicyclic) bond motifs is 4. The van der Waals surface area contributed by atoms with Crippen molar-refractivity contribution < 1.29 is 66.6 Å². The van der Waals surface area contributed by atoms with Crippen LogP contribution in [-0.2, 0) is 65.3 Å². The van der Waals surface area contributed by atoms with Crippen molar-refractivity contribution in [2.75, 3.05) is 0 Å². The van der Waals surface area contributed by atoms with Crippen LogP contribution in [0.25, 0.3) is 0 Å². The number of phosphoric acid groups is 2. The topological polar surface area (TPSA) is 117 Å². The summed E-state index contributed by atoms with van der Waals surface area (Å²) in [5.41, 5.74) is 10.0. The fourth-order valence-corrected chi connectivity index (χ4v) is 10.4. The first kappa shape index (κ1) is 63.0. The quantitative estimate of drug-likeness (QED) is 0.126. The Morgan fingerprint density at radius 3 is 0.614 bits per heavy atom. The van der Waals surface area contributed by atoms with E-state index in [1.165, 1.54) is 0 Å². The van der Waals surface area contributed by atoms with Crippen molar-refractivity contribution in [2.45, 2.75) is 222 Å². The monoisotopic (exact) mass is 1030 g/mol. The van der Waals surface area contributed by atoms with Crippen LogP contribution in [0, 0.1) is 0 Å². The third kappa shape index (κ3) is 15.0. The standard InChI is InChI=1S/2C29H43O4P.Ca.Na/c2*1-26(2,3)20-14-18-13-19-15-21(27(4,5)6)17-23(29(10,11)12)25(19)33-34(30,31)32-24(18)22(16-20)28(7,8)9;;/h2*14-17H,13H2,1-12H3,(H,30,31);;/q;;+2;+1/p-2. The molecule has 0 spiro atoms. The molecule has 376 valence electrons. The second-order valence-corrected chi connectivity index (χ2v) is 30.2. The molecule has 0 saturated heterocycles. The van der Waals surface area contributed by atoms with Crippen LogP contribution >= 0.6 is 15.6 Å². The van der Waals surface area contributed by atoms with E-state index >= 15 is 0 Å². The molecule has 4 aromatic rings. The average molecular weight is 1030 g/mol. The van der Waals surface area contributed by atoms with Gasteiger partial charge in [-0.15, -0.1) is 0 Å². The van der Waals surface area contributed by atoms with E-state index < -0.39 is 15.6 Å². The predicted molar refractivity (Wildman–Crippen MR) is 284 cm³/mol. The maximum atomic E-state index is 13.3. The van der Waals surface area contributed by atoms with Gasteiger partial charge in [-0.1, -0.05) is 215 Å². The molecule has 0 N–H and O–H groups in total. The summed E-state index contributed by atoms with van der Waals surface area (Å²) in [5.74, 6) is 1.62. The molecular weight excluding hydrogens is 950 g/mol. The summed E-state index contributed by atoms with van der Waals surface area (Å²) in [5, 5.41) is 0. The van der Waals surface area contributed by atoms with Crippen molar-refractivity contribution in [3.8, 4) is 23.0 Å². The van der Waals surface area contributed by atoms with Crippen LogP contribution in [0.15, 0.2) is 48.5 Å². The molecule has 8 nitrogen and oxygen atoms in total. The minimum absolute atomic E-state index is 0. The van der Waals surface area contributed by atoms with Gasteiger partial charge in [0.05, 0.1) is 0 Å². The van der Waals surface area contributed by atoms with Crippen LogP contribution in [0.4, 0.5) is 0 Å². The Balaban J connectivity index is 0.000000360. The molecule has 12 heteroatoms. The summed E-state index contributed by atoms with van der Waals surface area (Å²) in [6, 6.07) is 16.8. The van der Waals surface area contributed by atoms with Crippen LogP contribution in [-0.4, -0.2) is 37.7 Å². The van der Waals surface area contributed by atoms with E-state index in [-0.39, 0.29) is 111 Å². The van der Waals surface area contributed by atoms with E-state index in [1.807, 2.05) is 0 Å². The van der Waals surface area contributed by atoms with E-state index in [4.69, 9.17) is 18.1 Å². The van der Waals surface area contributed by atoms with Crippen LogP contribution in [0.3, 0.4) is 0 Å². The number of rotatable bonds is 0. The molecular formula is C58H84CaNaO8P2+. The molecule has 0 aromatic heterocycles. The van der Waals surface area contributed by atoms with Crippen molar-refractivity contribution in [1.29, 1.82) is 0 Å². The summed E-state index contributed by atoms with van der Waals surface area (Å²) in [6.45, 7) is 51.1. The Labute approximate surface area is 476 Å². The third-order valence-electron chi connectivity index (χ3n) is 12.9. The van der Waals surface area contributed by atoms with Gasteiger partial charge in [-0.05, 0) is 87.8 Å². The Kier molecular flexibility index (Phi) is 18.6. The van der Waals surface area contributed by atoms with E-state index in [9.17, 15) is 18.9 Å². The second kappa shape index (κ2) is 20.7. The van der Waals surface area contributed by atoms with Gasteiger partial charge >= 0.3 is 82.9 Å². The molecule has 4 aromatic carbocycles. The zero-order valence-corrected chi connectivity index (χ0v) is 53.9. The SMILES string of the molecule is CC(C)(C)c1cc2c(c(C(C)(C)C)c1)OP(=O)([O-])Oc1c(cc(C(C)(C)C)cc1C(C)(C)C)C2.CC(C)(C)c1cc2c(c(C(C)(C)C)c1)OP(=O)([O-])Oc1c(cc(C(C)(C)C)cc1C(C)(C)C)C2.[Ca+2].[Na+]. The first-order valence-corrected chi connectivity index (χ1v) is 27.2. The molecule has 0 fully saturated rings. The zero-order valence-electron chi connectivity index (χ0n) is 47.9. The average Bonchev–Trinajstić information content (AvgIpc) is 3.08. The molecule has 0 bridgehead atoms. The Hall–Kier alpha value is -1.28. The Morgan fingerprint density at radius 2 is 0.486 bits per heavy atom. The van der Waals surface area contributed by atoms with Gasteiger partial charge in [0.15, 0.2) is 0 Å². The van der Waals surface area contributed by atoms with Crippen LogP contribution in [0.1, 0.15) is 233 Å². The Morgan fingerprint density at radius 1 is 0.329 bits per heavy atom. The van der Waals surface area contributed by atoms with Gasteiger partial charge in [0.2, 0.25) is 0 Å². The van der Waals surface area contributed by atoms with Crippen LogP contribution in [0.5, 0.6) is 23.0 Å². The zero-order chi connectivity index (χ0) is 52.1. The van der Waals surface area contributed by atoms with Gasteiger partial charge in [0, 0.05) is 35.1 Å². The van der Waals surface area contributed by atoms with Gasteiger partial charge in [-0.25, -0.2) is 9.13 Å². The van der Waals surface area contributed by atoms with Gasteiger partial charge < -0.3 is 27.9 Å². The molecule has 0 amide bonds. The van der Waals surface area contributed by atoms with Crippen molar-refractivity contribution >= 4 is 53.4 Å². The van der Waals surface area contributed by atoms with Gasteiger partial charge in [0.1, 0.15) is 23.0 Å². The number of benzene rings is 4. The van der Waals surface area contributed by atoms with Crippen LogP contribution in [0.2, 0.25) is 0 Å². The number of hydrogen-bond donors (Lipinski definition) is 0.